The van der Waals surface area contributed by atoms with Gasteiger partial charge in [0.2, 0.25) is 0 Å². The molecule has 0 amide bonds. The molecule has 1 aliphatic rings. The summed E-state index contributed by atoms with van der Waals surface area (Å²) in [5.41, 5.74) is 2.26. The first-order valence-corrected chi connectivity index (χ1v) is 6.49. The molecule has 1 aromatic carbocycles. The minimum Gasteiger partial charge on any atom is -0.389 e. The lowest BCUT2D eigenvalue weighted by Crippen LogP contribution is -2.33. The van der Waals surface area contributed by atoms with Gasteiger partial charge in [0.15, 0.2) is 0 Å². The van der Waals surface area contributed by atoms with Gasteiger partial charge in [-0.05, 0) is 25.3 Å². The van der Waals surface area contributed by atoms with Gasteiger partial charge in [0.25, 0.3) is 0 Å². The van der Waals surface area contributed by atoms with Crippen molar-refractivity contribution in [3.63, 3.8) is 0 Å². The molecule has 1 saturated heterocycles. The van der Waals surface area contributed by atoms with E-state index in [2.05, 4.69) is 45.0 Å². The molecule has 0 aromatic heterocycles. The summed E-state index contributed by atoms with van der Waals surface area (Å²) in [6, 6.07) is 8.27. The van der Waals surface area contributed by atoms with Crippen LogP contribution in [0.15, 0.2) is 24.3 Å². The van der Waals surface area contributed by atoms with Crippen molar-refractivity contribution < 1.29 is 9.84 Å². The van der Waals surface area contributed by atoms with Crippen molar-refractivity contribution in [2.24, 2.45) is 5.41 Å². The maximum Gasteiger partial charge on any atom is 0.109 e. The second-order valence-electron chi connectivity index (χ2n) is 5.16. The lowest BCUT2D eigenvalue weighted by Gasteiger charge is -2.29. The number of aliphatic hydroxyl groups is 1. The van der Waals surface area contributed by atoms with Crippen molar-refractivity contribution in [1.82, 2.24) is 0 Å². The zero-order chi connectivity index (χ0) is 12.5. The van der Waals surface area contributed by atoms with E-state index in [1.807, 2.05) is 0 Å². The number of aryl methyl sites for hydroxylation is 1. The van der Waals surface area contributed by atoms with Crippen molar-refractivity contribution >= 4 is 0 Å². The molecule has 0 saturated carbocycles. The molecule has 17 heavy (non-hydrogen) atoms. The van der Waals surface area contributed by atoms with Crippen LogP contribution in [0.2, 0.25) is 0 Å². The molecule has 0 unspecified atom stereocenters. The van der Waals surface area contributed by atoms with Crippen LogP contribution in [-0.4, -0.2) is 17.8 Å². The van der Waals surface area contributed by atoms with Crippen molar-refractivity contribution in [1.29, 1.82) is 0 Å². The molecule has 0 aliphatic carbocycles. The minimum atomic E-state index is -0.389. The maximum atomic E-state index is 10.5. The summed E-state index contributed by atoms with van der Waals surface area (Å²) in [5.74, 6) is 0. The Balaban J connectivity index is 2.22. The Hall–Kier alpha value is -0.860. The van der Waals surface area contributed by atoms with Crippen LogP contribution in [0.3, 0.4) is 0 Å². The average Bonchev–Trinajstić information content (AvgIpc) is 2.68. The standard InChI is InChI=1S/C15H22O2/c1-4-15(5-2)10-17-13(14(15)16)12-8-6-11(3)7-9-12/h6-9,13-14,16H,4-5,10H2,1-3H3/t13-,14-/m0/s1. The fourth-order valence-electron chi connectivity index (χ4n) is 2.66. The van der Waals surface area contributed by atoms with Crippen LogP contribution in [-0.2, 0) is 4.74 Å². The third kappa shape index (κ3) is 2.12. The number of hydrogen-bond donors (Lipinski definition) is 1. The summed E-state index contributed by atoms with van der Waals surface area (Å²) in [5, 5.41) is 10.5. The van der Waals surface area contributed by atoms with Gasteiger partial charge in [-0.3, -0.25) is 0 Å². The second kappa shape index (κ2) is 4.79. The SMILES string of the molecule is CCC1(CC)CO[C@@H](c2ccc(C)cc2)[C@@H]1O. The number of benzene rings is 1. The molecule has 0 spiro atoms. The van der Waals surface area contributed by atoms with Crippen LogP contribution in [0.5, 0.6) is 0 Å². The normalized spacial score (nSPS) is 27.3. The number of hydrogen-bond acceptors (Lipinski definition) is 2. The predicted molar refractivity (Wildman–Crippen MR) is 68.9 cm³/mol. The van der Waals surface area contributed by atoms with Crippen LogP contribution < -0.4 is 0 Å². The van der Waals surface area contributed by atoms with Gasteiger partial charge in [-0.2, -0.15) is 0 Å². The summed E-state index contributed by atoms with van der Waals surface area (Å²) in [6.45, 7) is 7.00. The molecular formula is C15H22O2. The van der Waals surface area contributed by atoms with Crippen LogP contribution in [0.25, 0.3) is 0 Å². The molecule has 1 heterocycles. The van der Waals surface area contributed by atoms with E-state index < -0.39 is 0 Å². The van der Waals surface area contributed by atoms with Crippen molar-refractivity contribution in [3.05, 3.63) is 35.4 Å². The van der Waals surface area contributed by atoms with E-state index in [0.29, 0.717) is 6.61 Å². The van der Waals surface area contributed by atoms with Gasteiger partial charge < -0.3 is 9.84 Å². The Bertz CT molecular complexity index is 365. The van der Waals surface area contributed by atoms with Crippen LogP contribution >= 0.6 is 0 Å². The van der Waals surface area contributed by atoms with E-state index in [9.17, 15) is 5.11 Å². The van der Waals surface area contributed by atoms with Gasteiger partial charge in [-0.1, -0.05) is 43.7 Å². The highest BCUT2D eigenvalue weighted by molar-refractivity contribution is 5.25. The number of aliphatic hydroxyl groups excluding tert-OH is 1. The topological polar surface area (TPSA) is 29.5 Å². The second-order valence-corrected chi connectivity index (χ2v) is 5.16. The minimum absolute atomic E-state index is 0.0600. The third-order valence-corrected chi connectivity index (χ3v) is 4.28. The van der Waals surface area contributed by atoms with E-state index in [4.69, 9.17) is 4.74 Å². The quantitative estimate of drug-likeness (QED) is 0.870. The van der Waals surface area contributed by atoms with E-state index in [1.165, 1.54) is 5.56 Å². The molecule has 2 heteroatoms. The van der Waals surface area contributed by atoms with Gasteiger partial charge in [-0.25, -0.2) is 0 Å². The number of ether oxygens (including phenoxy) is 1. The Morgan fingerprint density at radius 1 is 1.24 bits per heavy atom. The molecule has 2 rings (SSSR count). The first-order valence-electron chi connectivity index (χ1n) is 6.49. The van der Waals surface area contributed by atoms with E-state index >= 15 is 0 Å². The Kier molecular flexibility index (Phi) is 3.55. The van der Waals surface area contributed by atoms with Gasteiger partial charge >= 0.3 is 0 Å². The van der Waals surface area contributed by atoms with Crippen LogP contribution in [0.4, 0.5) is 0 Å². The molecule has 2 atom stereocenters. The van der Waals surface area contributed by atoms with Crippen molar-refractivity contribution in [2.75, 3.05) is 6.61 Å². The van der Waals surface area contributed by atoms with Crippen molar-refractivity contribution in [3.8, 4) is 0 Å². The summed E-state index contributed by atoms with van der Waals surface area (Å²) in [4.78, 5) is 0. The largest absolute Gasteiger partial charge is 0.389 e. The molecule has 0 bridgehead atoms. The fourth-order valence-corrected chi connectivity index (χ4v) is 2.66. The van der Waals surface area contributed by atoms with E-state index in [0.717, 1.165) is 18.4 Å². The Morgan fingerprint density at radius 2 is 1.82 bits per heavy atom. The zero-order valence-corrected chi connectivity index (χ0v) is 10.9. The van der Waals surface area contributed by atoms with Crippen LogP contribution in [0.1, 0.15) is 43.9 Å². The summed E-state index contributed by atoms with van der Waals surface area (Å²) >= 11 is 0. The first kappa shape index (κ1) is 12.6. The predicted octanol–water partition coefficient (Wildman–Crippen LogP) is 3.23. The molecule has 1 N–H and O–H groups in total. The first-order chi connectivity index (χ1) is 8.13. The highest BCUT2D eigenvalue weighted by Crippen LogP contribution is 2.45. The van der Waals surface area contributed by atoms with Crippen molar-refractivity contribution in [2.45, 2.75) is 45.8 Å². The fraction of sp³-hybridized carbons (Fsp3) is 0.600. The Labute approximate surface area is 104 Å². The molecule has 1 fully saturated rings. The average molecular weight is 234 g/mol. The van der Waals surface area contributed by atoms with Gasteiger partial charge in [0.05, 0.1) is 12.7 Å². The van der Waals surface area contributed by atoms with E-state index in [-0.39, 0.29) is 17.6 Å². The smallest absolute Gasteiger partial charge is 0.109 e. The number of rotatable bonds is 3. The molecule has 1 aromatic rings. The summed E-state index contributed by atoms with van der Waals surface area (Å²) in [7, 11) is 0. The third-order valence-electron chi connectivity index (χ3n) is 4.28. The monoisotopic (exact) mass is 234 g/mol. The maximum absolute atomic E-state index is 10.5. The highest BCUT2D eigenvalue weighted by atomic mass is 16.5. The lowest BCUT2D eigenvalue weighted by molar-refractivity contribution is 0.0216. The summed E-state index contributed by atoms with van der Waals surface area (Å²) in [6.07, 6.45) is 1.38. The zero-order valence-electron chi connectivity index (χ0n) is 10.9. The molecular weight excluding hydrogens is 212 g/mol. The molecule has 1 aliphatic heterocycles. The van der Waals surface area contributed by atoms with Crippen LogP contribution in [0, 0.1) is 12.3 Å². The van der Waals surface area contributed by atoms with Gasteiger partial charge in [0, 0.05) is 5.41 Å². The lowest BCUT2D eigenvalue weighted by atomic mass is 9.77. The Morgan fingerprint density at radius 3 is 2.29 bits per heavy atom. The van der Waals surface area contributed by atoms with Gasteiger partial charge in [-0.15, -0.1) is 0 Å². The molecule has 94 valence electrons. The highest BCUT2D eigenvalue weighted by Gasteiger charge is 2.46. The summed E-state index contributed by atoms with van der Waals surface area (Å²) < 4.78 is 5.84. The molecule has 2 nitrogen and oxygen atoms in total. The van der Waals surface area contributed by atoms with Gasteiger partial charge in [0.1, 0.15) is 6.10 Å². The van der Waals surface area contributed by atoms with E-state index in [1.54, 1.807) is 0 Å². The molecule has 0 radical (unpaired) electrons.